The molecule has 0 fully saturated rings. The third kappa shape index (κ3) is 5.46. The molecule has 0 bridgehead atoms. The van der Waals surface area contributed by atoms with Crippen LogP contribution in [0, 0.1) is 5.82 Å². The van der Waals surface area contributed by atoms with Crippen molar-refractivity contribution >= 4 is 11.6 Å². The number of nitrogens with one attached hydrogen (secondary N) is 1. The molecule has 0 amide bonds. The van der Waals surface area contributed by atoms with Crippen molar-refractivity contribution < 1.29 is 8.78 Å². The molecule has 0 aromatic heterocycles. The minimum absolute atomic E-state index is 0.0372. The van der Waals surface area contributed by atoms with E-state index in [4.69, 9.17) is 11.6 Å². The van der Waals surface area contributed by atoms with Gasteiger partial charge in [-0.1, -0.05) is 11.6 Å². The van der Waals surface area contributed by atoms with Gasteiger partial charge in [-0.3, -0.25) is 0 Å². The first kappa shape index (κ1) is 14.4. The number of benzene rings is 1. The zero-order chi connectivity index (χ0) is 13.1. The van der Waals surface area contributed by atoms with Crippen LogP contribution in [-0.2, 0) is 6.42 Å². The monoisotopic (exact) mass is 261 g/mol. The van der Waals surface area contributed by atoms with Gasteiger partial charge >= 0.3 is 0 Å². The fraction of sp³-hybridized carbons (Fsp3) is 0.538. The Hall–Kier alpha value is -0.670. The van der Waals surface area contributed by atoms with Gasteiger partial charge in [0.1, 0.15) is 12.0 Å². The van der Waals surface area contributed by atoms with Crippen molar-refractivity contribution in [2.24, 2.45) is 0 Å². The zero-order valence-corrected chi connectivity index (χ0v) is 11.1. The lowest BCUT2D eigenvalue weighted by molar-refractivity contribution is 0.282. The summed E-state index contributed by atoms with van der Waals surface area (Å²) < 4.78 is 27.0. The van der Waals surface area contributed by atoms with Gasteiger partial charge in [0.15, 0.2) is 0 Å². The molecule has 1 nitrogen and oxygen atoms in total. The first-order valence-corrected chi connectivity index (χ1v) is 5.99. The summed E-state index contributed by atoms with van der Waals surface area (Å²) in [5, 5.41) is 3.47. The van der Waals surface area contributed by atoms with E-state index in [1.54, 1.807) is 0 Å². The number of hydrogen-bond acceptors (Lipinski definition) is 1. The summed E-state index contributed by atoms with van der Waals surface area (Å²) >= 11 is 5.75. The maximum Gasteiger partial charge on any atom is 0.126 e. The van der Waals surface area contributed by atoms with Crippen LogP contribution in [0.5, 0.6) is 0 Å². The summed E-state index contributed by atoms with van der Waals surface area (Å²) in [7, 11) is 0. The smallest absolute Gasteiger partial charge is 0.126 e. The highest BCUT2D eigenvalue weighted by molar-refractivity contribution is 6.30. The lowest BCUT2D eigenvalue weighted by Crippen LogP contribution is -2.40. The van der Waals surface area contributed by atoms with Crippen molar-refractivity contribution in [3.8, 4) is 0 Å². The Bertz CT molecular complexity index is 374. The van der Waals surface area contributed by atoms with Crippen LogP contribution in [0.4, 0.5) is 8.78 Å². The average molecular weight is 262 g/mol. The Balaban J connectivity index is 2.56. The van der Waals surface area contributed by atoms with E-state index in [1.165, 1.54) is 18.2 Å². The van der Waals surface area contributed by atoms with Gasteiger partial charge < -0.3 is 5.32 Å². The minimum Gasteiger partial charge on any atom is -0.309 e. The summed E-state index contributed by atoms with van der Waals surface area (Å²) in [5.41, 5.74) is 0.178. The van der Waals surface area contributed by atoms with Crippen molar-refractivity contribution in [2.75, 3.05) is 6.54 Å². The van der Waals surface area contributed by atoms with Gasteiger partial charge in [-0.25, -0.2) is 8.78 Å². The number of rotatable bonds is 4. The molecule has 96 valence electrons. The van der Waals surface area contributed by atoms with E-state index >= 15 is 0 Å². The summed E-state index contributed by atoms with van der Waals surface area (Å²) in [4.78, 5) is 0. The second kappa shape index (κ2) is 5.78. The number of hydrogen-bond donors (Lipinski definition) is 1. The van der Waals surface area contributed by atoms with E-state index in [2.05, 4.69) is 5.32 Å². The minimum atomic E-state index is -1.12. The van der Waals surface area contributed by atoms with Crippen molar-refractivity contribution in [3.63, 3.8) is 0 Å². The molecular weight excluding hydrogens is 244 g/mol. The highest BCUT2D eigenvalue weighted by Crippen LogP contribution is 2.17. The van der Waals surface area contributed by atoms with Crippen LogP contribution in [0.15, 0.2) is 18.2 Å². The van der Waals surface area contributed by atoms with Gasteiger partial charge in [-0.15, -0.1) is 0 Å². The average Bonchev–Trinajstić information content (AvgIpc) is 2.20. The standard InChI is InChI=1S/C13H18ClF2N/c1-13(2,3)17-8-11(15)7-9-6-10(14)4-5-12(9)16/h4-6,11,17H,7-8H2,1-3H3. The van der Waals surface area contributed by atoms with E-state index in [0.717, 1.165) is 0 Å². The summed E-state index contributed by atoms with van der Waals surface area (Å²) in [6, 6.07) is 4.20. The second-order valence-corrected chi connectivity index (χ2v) is 5.60. The van der Waals surface area contributed by atoms with Crippen molar-refractivity contribution in [2.45, 2.75) is 38.9 Å². The molecule has 1 unspecified atom stereocenters. The van der Waals surface area contributed by atoms with Crippen LogP contribution in [-0.4, -0.2) is 18.3 Å². The first-order chi connectivity index (χ1) is 7.78. The molecule has 1 atom stereocenters. The molecule has 0 spiro atoms. The van der Waals surface area contributed by atoms with Crippen LogP contribution >= 0.6 is 11.6 Å². The molecule has 0 aliphatic rings. The Morgan fingerprint density at radius 1 is 1.35 bits per heavy atom. The molecule has 0 saturated heterocycles. The Morgan fingerprint density at radius 2 is 2.00 bits per heavy atom. The molecule has 0 heterocycles. The first-order valence-electron chi connectivity index (χ1n) is 5.61. The van der Waals surface area contributed by atoms with Gasteiger partial charge in [0, 0.05) is 23.5 Å². The Labute approximate surface area is 106 Å². The second-order valence-electron chi connectivity index (χ2n) is 5.17. The van der Waals surface area contributed by atoms with E-state index in [9.17, 15) is 8.78 Å². The maximum absolute atomic E-state index is 13.7. The zero-order valence-electron chi connectivity index (χ0n) is 10.4. The molecule has 1 aromatic carbocycles. The molecule has 4 heteroatoms. The largest absolute Gasteiger partial charge is 0.309 e. The van der Waals surface area contributed by atoms with Crippen LogP contribution in [0.25, 0.3) is 0 Å². The van der Waals surface area contributed by atoms with Crippen molar-refractivity contribution in [1.82, 2.24) is 5.32 Å². The SMILES string of the molecule is CC(C)(C)NCC(F)Cc1cc(Cl)ccc1F. The van der Waals surface area contributed by atoms with E-state index in [1.807, 2.05) is 20.8 Å². The molecule has 1 rings (SSSR count). The van der Waals surface area contributed by atoms with Gasteiger partial charge in [-0.2, -0.15) is 0 Å². The maximum atomic E-state index is 13.7. The predicted molar refractivity (Wildman–Crippen MR) is 67.8 cm³/mol. The Morgan fingerprint density at radius 3 is 2.59 bits per heavy atom. The lowest BCUT2D eigenvalue weighted by atomic mass is 10.1. The van der Waals surface area contributed by atoms with Gasteiger partial charge in [0.05, 0.1) is 0 Å². The topological polar surface area (TPSA) is 12.0 Å². The van der Waals surface area contributed by atoms with Crippen LogP contribution in [0.2, 0.25) is 5.02 Å². The van der Waals surface area contributed by atoms with Gasteiger partial charge in [0.25, 0.3) is 0 Å². The van der Waals surface area contributed by atoms with Gasteiger partial charge in [0.2, 0.25) is 0 Å². The van der Waals surface area contributed by atoms with Crippen molar-refractivity contribution in [1.29, 1.82) is 0 Å². The molecule has 0 saturated carbocycles. The summed E-state index contributed by atoms with van der Waals surface area (Å²) in [6.45, 7) is 6.08. The van der Waals surface area contributed by atoms with Crippen LogP contribution < -0.4 is 5.32 Å². The van der Waals surface area contributed by atoms with Crippen molar-refractivity contribution in [3.05, 3.63) is 34.6 Å². The molecule has 0 radical (unpaired) electrons. The molecule has 0 aliphatic carbocycles. The van der Waals surface area contributed by atoms with E-state index in [-0.39, 0.29) is 18.5 Å². The summed E-state index contributed by atoms with van der Waals surface area (Å²) in [6.07, 6.45) is -1.09. The molecular formula is C13H18ClF2N. The molecule has 1 aromatic rings. The fourth-order valence-electron chi connectivity index (χ4n) is 1.43. The van der Waals surface area contributed by atoms with Gasteiger partial charge in [-0.05, 0) is 44.5 Å². The Kier molecular flexibility index (Phi) is 4.90. The normalized spacial score (nSPS) is 13.8. The third-order valence-electron chi connectivity index (χ3n) is 2.30. The molecule has 1 N–H and O–H groups in total. The van der Waals surface area contributed by atoms with E-state index < -0.39 is 12.0 Å². The van der Waals surface area contributed by atoms with E-state index in [0.29, 0.717) is 10.6 Å². The third-order valence-corrected chi connectivity index (χ3v) is 2.54. The number of alkyl halides is 1. The lowest BCUT2D eigenvalue weighted by Gasteiger charge is -2.22. The van der Waals surface area contributed by atoms with Crippen LogP contribution in [0.3, 0.4) is 0 Å². The molecule has 0 aliphatic heterocycles. The fourth-order valence-corrected chi connectivity index (χ4v) is 1.62. The summed E-state index contributed by atoms with van der Waals surface area (Å²) in [5.74, 6) is -0.409. The highest BCUT2D eigenvalue weighted by atomic mass is 35.5. The highest BCUT2D eigenvalue weighted by Gasteiger charge is 2.15. The predicted octanol–water partition coefficient (Wildman–Crippen LogP) is 3.75. The number of halogens is 3. The van der Waals surface area contributed by atoms with Crippen LogP contribution in [0.1, 0.15) is 26.3 Å². The molecule has 17 heavy (non-hydrogen) atoms. The quantitative estimate of drug-likeness (QED) is 0.871.